The highest BCUT2D eigenvalue weighted by molar-refractivity contribution is 5.32. The molecule has 1 heteroatoms. The molecule has 1 atom stereocenters. The molecule has 0 bridgehead atoms. The van der Waals surface area contributed by atoms with Gasteiger partial charge in [-0.3, -0.25) is 0 Å². The van der Waals surface area contributed by atoms with Crippen molar-refractivity contribution in [1.29, 1.82) is 0 Å². The number of hydrogen-bond donors (Lipinski definition) is 1. The summed E-state index contributed by atoms with van der Waals surface area (Å²) in [5.74, 6) is 0. The summed E-state index contributed by atoms with van der Waals surface area (Å²) in [4.78, 5) is 0. The Morgan fingerprint density at radius 3 is 2.23 bits per heavy atom. The Morgan fingerprint density at radius 2 is 1.77 bits per heavy atom. The maximum Gasteiger partial charge on any atom is 0.0266 e. The van der Waals surface area contributed by atoms with Crippen molar-refractivity contribution < 1.29 is 0 Å². The highest BCUT2D eigenvalue weighted by Gasteiger charge is 1.97. The molecule has 70 valence electrons. The maximum atomic E-state index is 5.80. The average Bonchev–Trinajstić information content (AvgIpc) is 2.16. The first-order chi connectivity index (χ1) is 6.19. The van der Waals surface area contributed by atoms with Gasteiger partial charge < -0.3 is 5.73 Å². The summed E-state index contributed by atoms with van der Waals surface area (Å²) in [7, 11) is 0. The standard InChI is InChI=1S/C12H17N/c1-4-10-6-7-12(9(3)13)8-11(10)5-2/h4-9H,13H2,1-3H3/b10-4-,11-5-/t9-/m1/s1. The molecule has 2 N–H and O–H groups in total. The first-order valence-corrected chi connectivity index (χ1v) is 4.67. The van der Waals surface area contributed by atoms with Crippen LogP contribution in [0.2, 0.25) is 0 Å². The van der Waals surface area contributed by atoms with E-state index in [-0.39, 0.29) is 6.04 Å². The van der Waals surface area contributed by atoms with E-state index in [1.54, 1.807) is 0 Å². The molecule has 1 nitrogen and oxygen atoms in total. The summed E-state index contributed by atoms with van der Waals surface area (Å²) in [6.45, 7) is 6.10. The van der Waals surface area contributed by atoms with E-state index in [1.165, 1.54) is 16.0 Å². The van der Waals surface area contributed by atoms with Crippen molar-refractivity contribution in [3.63, 3.8) is 0 Å². The van der Waals surface area contributed by atoms with Crippen molar-refractivity contribution in [2.45, 2.75) is 26.8 Å². The van der Waals surface area contributed by atoms with Crippen LogP contribution in [0.5, 0.6) is 0 Å². The van der Waals surface area contributed by atoms with Crippen molar-refractivity contribution in [1.82, 2.24) is 0 Å². The summed E-state index contributed by atoms with van der Waals surface area (Å²) < 4.78 is 0. The van der Waals surface area contributed by atoms with Gasteiger partial charge in [-0.1, -0.05) is 24.3 Å². The normalized spacial score (nSPS) is 16.3. The van der Waals surface area contributed by atoms with Gasteiger partial charge in [-0.2, -0.15) is 0 Å². The van der Waals surface area contributed by atoms with Gasteiger partial charge in [0.1, 0.15) is 0 Å². The van der Waals surface area contributed by atoms with Gasteiger partial charge in [0, 0.05) is 6.04 Å². The van der Waals surface area contributed by atoms with E-state index in [9.17, 15) is 0 Å². The zero-order valence-electron chi connectivity index (χ0n) is 8.54. The molecule has 0 fully saturated rings. The molecule has 0 aromatic heterocycles. The predicted molar refractivity (Wildman–Crippen MR) is 58.6 cm³/mol. The van der Waals surface area contributed by atoms with E-state index < -0.39 is 0 Å². The van der Waals surface area contributed by atoms with Gasteiger partial charge in [0.15, 0.2) is 0 Å². The first kappa shape index (κ1) is 10.0. The molecule has 0 aliphatic carbocycles. The third-order valence-electron chi connectivity index (χ3n) is 2.26. The molecule has 0 aliphatic rings. The molecule has 13 heavy (non-hydrogen) atoms. The lowest BCUT2D eigenvalue weighted by Gasteiger charge is -2.04. The summed E-state index contributed by atoms with van der Waals surface area (Å²) in [6, 6.07) is 6.48. The van der Waals surface area contributed by atoms with Crippen LogP contribution in [0.4, 0.5) is 0 Å². The van der Waals surface area contributed by atoms with Gasteiger partial charge in [-0.25, -0.2) is 0 Å². The third-order valence-corrected chi connectivity index (χ3v) is 2.26. The number of hydrogen-bond acceptors (Lipinski definition) is 1. The summed E-state index contributed by atoms with van der Waals surface area (Å²) in [5.41, 5.74) is 7.00. The smallest absolute Gasteiger partial charge is 0.0266 e. The number of rotatable bonds is 1. The summed E-state index contributed by atoms with van der Waals surface area (Å²) >= 11 is 0. The zero-order chi connectivity index (χ0) is 9.84. The predicted octanol–water partition coefficient (Wildman–Crippen LogP) is 1.31. The second-order valence-corrected chi connectivity index (χ2v) is 3.25. The van der Waals surface area contributed by atoms with Crippen molar-refractivity contribution in [3.05, 3.63) is 34.2 Å². The van der Waals surface area contributed by atoms with Crippen LogP contribution in [0.3, 0.4) is 0 Å². The SMILES string of the molecule is C/C=c1/ccc([C@@H](C)N)c/c1=C/C. The molecule has 1 rings (SSSR count). The molecule has 0 spiro atoms. The van der Waals surface area contributed by atoms with Crippen LogP contribution in [0.1, 0.15) is 32.4 Å². The molecular formula is C12H17N. The fourth-order valence-corrected chi connectivity index (χ4v) is 1.39. The minimum absolute atomic E-state index is 0.115. The minimum atomic E-state index is 0.115. The van der Waals surface area contributed by atoms with Gasteiger partial charge in [0.25, 0.3) is 0 Å². The van der Waals surface area contributed by atoms with Crippen LogP contribution in [-0.2, 0) is 0 Å². The molecule has 0 saturated heterocycles. The number of nitrogens with two attached hydrogens (primary N) is 1. The Balaban J connectivity index is 3.40. The summed E-state index contributed by atoms with van der Waals surface area (Å²) in [6.07, 6.45) is 4.22. The quantitative estimate of drug-likeness (QED) is 0.684. The Morgan fingerprint density at radius 1 is 1.15 bits per heavy atom. The molecule has 0 heterocycles. The second-order valence-electron chi connectivity index (χ2n) is 3.25. The fraction of sp³-hybridized carbons (Fsp3) is 0.333. The average molecular weight is 175 g/mol. The van der Waals surface area contributed by atoms with Crippen molar-refractivity contribution in [2.24, 2.45) is 5.73 Å². The highest BCUT2D eigenvalue weighted by atomic mass is 14.6. The van der Waals surface area contributed by atoms with E-state index >= 15 is 0 Å². The lowest BCUT2D eigenvalue weighted by atomic mass is 10.1. The molecule has 0 saturated carbocycles. The van der Waals surface area contributed by atoms with E-state index in [4.69, 9.17) is 5.73 Å². The molecule has 0 aliphatic heterocycles. The lowest BCUT2D eigenvalue weighted by Crippen LogP contribution is -2.25. The van der Waals surface area contributed by atoms with Gasteiger partial charge in [-0.05, 0) is 42.8 Å². The molecular weight excluding hydrogens is 158 g/mol. The van der Waals surface area contributed by atoms with Gasteiger partial charge in [0.2, 0.25) is 0 Å². The van der Waals surface area contributed by atoms with Gasteiger partial charge in [-0.15, -0.1) is 0 Å². The third kappa shape index (κ3) is 2.19. The van der Waals surface area contributed by atoms with Crippen LogP contribution in [0.25, 0.3) is 12.2 Å². The highest BCUT2D eigenvalue weighted by Crippen LogP contribution is 2.03. The lowest BCUT2D eigenvalue weighted by molar-refractivity contribution is 0.816. The monoisotopic (exact) mass is 175 g/mol. The van der Waals surface area contributed by atoms with Crippen molar-refractivity contribution >= 4 is 12.2 Å². The van der Waals surface area contributed by atoms with Crippen molar-refractivity contribution in [2.75, 3.05) is 0 Å². The Labute approximate surface area is 79.6 Å². The maximum absolute atomic E-state index is 5.80. The van der Waals surface area contributed by atoms with E-state index in [1.807, 2.05) is 20.8 Å². The topological polar surface area (TPSA) is 26.0 Å². The Bertz CT molecular complexity index is 388. The van der Waals surface area contributed by atoms with Crippen LogP contribution < -0.4 is 16.2 Å². The van der Waals surface area contributed by atoms with Crippen LogP contribution in [0, 0.1) is 0 Å². The van der Waals surface area contributed by atoms with Gasteiger partial charge in [0.05, 0.1) is 0 Å². The van der Waals surface area contributed by atoms with Crippen LogP contribution in [-0.4, -0.2) is 0 Å². The molecule has 1 aromatic rings. The second kappa shape index (κ2) is 4.24. The van der Waals surface area contributed by atoms with E-state index in [0.29, 0.717) is 0 Å². The minimum Gasteiger partial charge on any atom is -0.324 e. The van der Waals surface area contributed by atoms with Crippen LogP contribution >= 0.6 is 0 Å². The first-order valence-electron chi connectivity index (χ1n) is 4.67. The van der Waals surface area contributed by atoms with Gasteiger partial charge >= 0.3 is 0 Å². The largest absolute Gasteiger partial charge is 0.324 e. The fourth-order valence-electron chi connectivity index (χ4n) is 1.39. The van der Waals surface area contributed by atoms with E-state index in [2.05, 4.69) is 30.4 Å². The Kier molecular flexibility index (Phi) is 3.26. The summed E-state index contributed by atoms with van der Waals surface area (Å²) in [5, 5.41) is 2.53. The number of benzene rings is 1. The zero-order valence-corrected chi connectivity index (χ0v) is 8.54. The molecule has 0 unspecified atom stereocenters. The van der Waals surface area contributed by atoms with Crippen molar-refractivity contribution in [3.8, 4) is 0 Å². The Hall–Kier alpha value is -1.08. The van der Waals surface area contributed by atoms with Crippen LogP contribution in [0.15, 0.2) is 18.2 Å². The molecule has 1 aromatic carbocycles. The molecule has 0 radical (unpaired) electrons. The molecule has 0 amide bonds. The van der Waals surface area contributed by atoms with E-state index in [0.717, 1.165) is 0 Å².